The highest BCUT2D eigenvalue weighted by Gasteiger charge is 2.45. The van der Waals surface area contributed by atoms with Gasteiger partial charge in [-0.05, 0) is 50.0 Å². The maximum Gasteiger partial charge on any atom is 0.162 e. The van der Waals surface area contributed by atoms with E-state index in [9.17, 15) is 5.11 Å². The molecule has 0 aromatic heterocycles. The molecular weight excluding hydrogens is 294 g/mol. The molecule has 3 N–H and O–H groups in total. The molecule has 1 aromatic rings. The number of rotatable bonds is 1. The number of likely N-dealkylation sites (tertiary alicyclic amines) is 1. The standard InChI is InChI=1S/C18H23NO3.H2O/c1-19-8-7-13-12-4-5-15(20)18(13)22-17-10-11(9-14(12)19)3-6-16(17)21-2;/h3-6,10,12-15,18,20H,7-9H2,1-2H3;1H2/t12-,13+,14-,15+,18-;/m1./s1. The summed E-state index contributed by atoms with van der Waals surface area (Å²) >= 11 is 0. The fourth-order valence-electron chi connectivity index (χ4n) is 4.33. The Morgan fingerprint density at radius 2 is 2.13 bits per heavy atom. The van der Waals surface area contributed by atoms with E-state index in [0.717, 1.165) is 30.9 Å². The molecule has 6 bridgehead atoms. The Hall–Kier alpha value is -1.56. The van der Waals surface area contributed by atoms with Crippen molar-refractivity contribution >= 4 is 0 Å². The largest absolute Gasteiger partial charge is 0.493 e. The summed E-state index contributed by atoms with van der Waals surface area (Å²) in [6.45, 7) is 1.05. The minimum absolute atomic E-state index is 0. The van der Waals surface area contributed by atoms with E-state index in [1.165, 1.54) is 5.56 Å². The van der Waals surface area contributed by atoms with Crippen molar-refractivity contribution in [2.24, 2.45) is 11.8 Å². The maximum atomic E-state index is 10.4. The zero-order valence-electron chi connectivity index (χ0n) is 13.6. The number of methoxy groups -OCH3 is 1. The van der Waals surface area contributed by atoms with Crippen molar-refractivity contribution < 1.29 is 20.1 Å². The molecule has 1 aliphatic carbocycles. The molecule has 2 heterocycles. The summed E-state index contributed by atoms with van der Waals surface area (Å²) < 4.78 is 11.7. The van der Waals surface area contributed by atoms with Crippen LogP contribution in [0.25, 0.3) is 0 Å². The van der Waals surface area contributed by atoms with Crippen LogP contribution >= 0.6 is 0 Å². The number of ether oxygens (including phenoxy) is 2. The Morgan fingerprint density at radius 1 is 1.30 bits per heavy atom. The molecular formula is C18H25NO4. The molecule has 0 radical (unpaired) electrons. The zero-order valence-corrected chi connectivity index (χ0v) is 13.6. The lowest BCUT2D eigenvalue weighted by Crippen LogP contribution is -2.55. The number of piperidine rings is 1. The molecule has 5 heteroatoms. The van der Waals surface area contributed by atoms with Crippen LogP contribution in [0.1, 0.15) is 12.0 Å². The Labute approximate surface area is 136 Å². The third-order valence-corrected chi connectivity index (χ3v) is 5.55. The molecule has 5 nitrogen and oxygen atoms in total. The first kappa shape index (κ1) is 16.3. The van der Waals surface area contributed by atoms with E-state index >= 15 is 0 Å². The highest BCUT2D eigenvalue weighted by Crippen LogP contribution is 2.42. The Bertz CT molecular complexity index is 603. The van der Waals surface area contributed by atoms with Gasteiger partial charge in [0.25, 0.3) is 0 Å². The second-order valence-corrected chi connectivity index (χ2v) is 6.73. The van der Waals surface area contributed by atoms with Gasteiger partial charge in [-0.3, -0.25) is 0 Å². The highest BCUT2D eigenvalue weighted by molar-refractivity contribution is 5.44. The van der Waals surface area contributed by atoms with Crippen molar-refractivity contribution in [1.29, 1.82) is 0 Å². The summed E-state index contributed by atoms with van der Waals surface area (Å²) in [4.78, 5) is 2.45. The lowest BCUT2D eigenvalue weighted by atomic mass is 9.71. The lowest BCUT2D eigenvalue weighted by molar-refractivity contribution is -0.0366. The third kappa shape index (κ3) is 2.63. The number of likely N-dealkylation sites (N-methyl/N-ethyl adjacent to an activating group) is 1. The molecule has 23 heavy (non-hydrogen) atoms. The molecule has 1 aromatic carbocycles. The van der Waals surface area contributed by atoms with E-state index in [4.69, 9.17) is 9.47 Å². The quantitative estimate of drug-likeness (QED) is 0.785. The van der Waals surface area contributed by atoms with E-state index in [2.05, 4.69) is 30.2 Å². The molecule has 126 valence electrons. The van der Waals surface area contributed by atoms with Crippen molar-refractivity contribution in [3.63, 3.8) is 0 Å². The van der Waals surface area contributed by atoms with E-state index in [1.807, 2.05) is 12.1 Å². The molecule has 2 aliphatic heterocycles. The number of fused-ring (bicyclic) bond motifs is 2. The molecule has 3 aliphatic rings. The number of aliphatic hydroxyl groups excluding tert-OH is 1. The predicted molar refractivity (Wildman–Crippen MR) is 87.9 cm³/mol. The lowest BCUT2D eigenvalue weighted by Gasteiger charge is -2.47. The fourth-order valence-corrected chi connectivity index (χ4v) is 4.33. The summed E-state index contributed by atoms with van der Waals surface area (Å²) in [6, 6.07) is 6.64. The van der Waals surface area contributed by atoms with Crippen molar-refractivity contribution in [1.82, 2.24) is 4.90 Å². The molecule has 5 atom stereocenters. The summed E-state index contributed by atoms with van der Waals surface area (Å²) in [5, 5.41) is 10.4. The van der Waals surface area contributed by atoms with Crippen molar-refractivity contribution in [2.45, 2.75) is 31.1 Å². The topological polar surface area (TPSA) is 73.4 Å². The van der Waals surface area contributed by atoms with Crippen LogP contribution < -0.4 is 9.47 Å². The molecule has 1 saturated heterocycles. The van der Waals surface area contributed by atoms with Gasteiger partial charge in [0.15, 0.2) is 11.5 Å². The first-order chi connectivity index (χ1) is 10.7. The van der Waals surface area contributed by atoms with Gasteiger partial charge in [-0.1, -0.05) is 18.2 Å². The van der Waals surface area contributed by atoms with E-state index in [-0.39, 0.29) is 11.6 Å². The van der Waals surface area contributed by atoms with Crippen LogP contribution in [0.3, 0.4) is 0 Å². The van der Waals surface area contributed by atoms with Gasteiger partial charge in [0, 0.05) is 12.0 Å². The average molecular weight is 319 g/mol. The van der Waals surface area contributed by atoms with Gasteiger partial charge in [0.2, 0.25) is 0 Å². The van der Waals surface area contributed by atoms with Gasteiger partial charge >= 0.3 is 0 Å². The smallest absolute Gasteiger partial charge is 0.162 e. The number of benzene rings is 1. The average Bonchev–Trinajstić information content (AvgIpc) is 2.54. The highest BCUT2D eigenvalue weighted by atomic mass is 16.5. The van der Waals surface area contributed by atoms with E-state index in [0.29, 0.717) is 17.9 Å². The van der Waals surface area contributed by atoms with Crippen LogP contribution in [0.5, 0.6) is 11.5 Å². The first-order valence-electron chi connectivity index (χ1n) is 8.07. The van der Waals surface area contributed by atoms with Gasteiger partial charge in [-0.15, -0.1) is 0 Å². The third-order valence-electron chi connectivity index (χ3n) is 5.55. The zero-order chi connectivity index (χ0) is 15.3. The maximum absolute atomic E-state index is 10.4. The summed E-state index contributed by atoms with van der Waals surface area (Å²) in [7, 11) is 3.87. The Kier molecular flexibility index (Phi) is 4.36. The molecule has 0 saturated carbocycles. The van der Waals surface area contributed by atoms with Crippen molar-refractivity contribution in [2.75, 3.05) is 20.7 Å². The van der Waals surface area contributed by atoms with Gasteiger partial charge < -0.3 is 25.0 Å². The number of aliphatic hydroxyl groups is 1. The number of nitrogens with zero attached hydrogens (tertiary/aromatic N) is 1. The minimum atomic E-state index is -0.545. The second kappa shape index (κ2) is 6.15. The minimum Gasteiger partial charge on any atom is -0.493 e. The second-order valence-electron chi connectivity index (χ2n) is 6.73. The van der Waals surface area contributed by atoms with Gasteiger partial charge in [0.1, 0.15) is 12.2 Å². The van der Waals surface area contributed by atoms with Crippen LogP contribution in [0.4, 0.5) is 0 Å². The van der Waals surface area contributed by atoms with Gasteiger partial charge in [-0.2, -0.15) is 0 Å². The van der Waals surface area contributed by atoms with Crippen LogP contribution in [-0.4, -0.2) is 54.4 Å². The summed E-state index contributed by atoms with van der Waals surface area (Å²) in [5.41, 5.74) is 1.27. The van der Waals surface area contributed by atoms with Crippen LogP contribution in [-0.2, 0) is 6.42 Å². The normalized spacial score (nSPS) is 35.2. The van der Waals surface area contributed by atoms with Crippen molar-refractivity contribution in [3.05, 3.63) is 35.9 Å². The molecule has 0 spiro atoms. The first-order valence-corrected chi connectivity index (χ1v) is 8.07. The monoisotopic (exact) mass is 319 g/mol. The Morgan fingerprint density at radius 3 is 2.91 bits per heavy atom. The fraction of sp³-hybridized carbons (Fsp3) is 0.556. The van der Waals surface area contributed by atoms with Crippen molar-refractivity contribution in [3.8, 4) is 11.5 Å². The van der Waals surface area contributed by atoms with E-state index in [1.54, 1.807) is 7.11 Å². The SMILES string of the molecule is COc1ccc2cc1O[C@@H]1[C@H]3CCN(C)[C@H](C2)[C@@H]3C=C[C@@H]1O.O. The molecule has 4 rings (SSSR count). The molecule has 0 amide bonds. The summed E-state index contributed by atoms with van der Waals surface area (Å²) in [5.74, 6) is 2.30. The van der Waals surface area contributed by atoms with Crippen LogP contribution in [0, 0.1) is 11.8 Å². The number of hydrogen-bond acceptors (Lipinski definition) is 4. The Balaban J connectivity index is 0.00000156. The van der Waals surface area contributed by atoms with Gasteiger partial charge in [-0.25, -0.2) is 0 Å². The number of hydrogen-bond donors (Lipinski definition) is 1. The predicted octanol–water partition coefficient (Wildman–Crippen LogP) is 1.04. The molecule has 1 fully saturated rings. The van der Waals surface area contributed by atoms with Gasteiger partial charge in [0.05, 0.1) is 7.11 Å². The summed E-state index contributed by atoms with van der Waals surface area (Å²) in [6.07, 6.45) is 5.46. The molecule has 0 unspecified atom stereocenters. The van der Waals surface area contributed by atoms with Crippen LogP contribution in [0.15, 0.2) is 30.4 Å². The van der Waals surface area contributed by atoms with E-state index < -0.39 is 6.10 Å². The van der Waals surface area contributed by atoms with Crippen LogP contribution in [0.2, 0.25) is 0 Å².